The maximum atomic E-state index is 11.6. The molecule has 3 aliphatic rings. The summed E-state index contributed by atoms with van der Waals surface area (Å²) in [5.74, 6) is 6.24. The summed E-state index contributed by atoms with van der Waals surface area (Å²) in [6.45, 7) is 15.1. The van der Waals surface area contributed by atoms with Gasteiger partial charge in [0.2, 0.25) is 0 Å². The minimum Gasteiger partial charge on any atom is -0.462 e. The van der Waals surface area contributed by atoms with Crippen LogP contribution in [0, 0.1) is 29.1 Å². The Morgan fingerprint density at radius 3 is 2.61 bits per heavy atom. The molecule has 5 atom stereocenters. The molecule has 0 spiro atoms. The van der Waals surface area contributed by atoms with Crippen molar-refractivity contribution in [2.24, 2.45) is 17.3 Å². The highest BCUT2D eigenvalue weighted by Gasteiger charge is 2.45. The van der Waals surface area contributed by atoms with Crippen molar-refractivity contribution in [1.29, 1.82) is 0 Å². The predicted molar refractivity (Wildman–Crippen MR) is 142 cm³/mol. The molecule has 5 nitrogen and oxygen atoms in total. The molecular formula is C31H42O5. The van der Waals surface area contributed by atoms with E-state index in [0.29, 0.717) is 24.7 Å². The first-order valence-electron chi connectivity index (χ1n) is 13.2. The van der Waals surface area contributed by atoms with Gasteiger partial charge >= 0.3 is 11.9 Å². The SMILES string of the molecule is C=C1/C(=C\C=C2/CCC[C@]3(C)C(C(C)CC#CC(C)(C)O)=CCC23)CC(OC(C)=O)C[C@@H]1OC(C)=O. The zero-order chi connectivity index (χ0) is 26.7. The van der Waals surface area contributed by atoms with Crippen LogP contribution in [0.15, 0.2) is 47.1 Å². The van der Waals surface area contributed by atoms with Crippen molar-refractivity contribution in [3.05, 3.63) is 47.1 Å². The van der Waals surface area contributed by atoms with Crippen LogP contribution in [-0.4, -0.2) is 34.9 Å². The van der Waals surface area contributed by atoms with Crippen LogP contribution in [0.2, 0.25) is 0 Å². The van der Waals surface area contributed by atoms with E-state index in [2.05, 4.69) is 50.5 Å². The molecule has 0 aliphatic heterocycles. The highest BCUT2D eigenvalue weighted by Crippen LogP contribution is 2.56. The fourth-order valence-corrected chi connectivity index (χ4v) is 6.22. The van der Waals surface area contributed by atoms with Crippen LogP contribution in [0.3, 0.4) is 0 Å². The largest absolute Gasteiger partial charge is 0.462 e. The van der Waals surface area contributed by atoms with Gasteiger partial charge in [0.1, 0.15) is 17.8 Å². The van der Waals surface area contributed by atoms with Crippen molar-refractivity contribution < 1.29 is 24.2 Å². The van der Waals surface area contributed by atoms with Crippen molar-refractivity contribution in [3.63, 3.8) is 0 Å². The van der Waals surface area contributed by atoms with Crippen LogP contribution in [0.25, 0.3) is 0 Å². The Bertz CT molecular complexity index is 1040. The molecule has 0 bridgehead atoms. The number of rotatable bonds is 5. The molecule has 5 heteroatoms. The van der Waals surface area contributed by atoms with Gasteiger partial charge in [0.15, 0.2) is 0 Å². The summed E-state index contributed by atoms with van der Waals surface area (Å²) in [6.07, 6.45) is 12.1. The number of hydrogen-bond acceptors (Lipinski definition) is 5. The third-order valence-corrected chi connectivity index (χ3v) is 7.81. The van der Waals surface area contributed by atoms with Gasteiger partial charge in [-0.05, 0) is 67.9 Å². The fraction of sp³-hybridized carbons (Fsp3) is 0.613. The summed E-state index contributed by atoms with van der Waals surface area (Å²) < 4.78 is 11.0. The van der Waals surface area contributed by atoms with Gasteiger partial charge < -0.3 is 14.6 Å². The Kier molecular flexibility index (Phi) is 8.72. The molecule has 3 aliphatic carbocycles. The summed E-state index contributed by atoms with van der Waals surface area (Å²) in [6, 6.07) is 0. The Morgan fingerprint density at radius 1 is 1.28 bits per heavy atom. The summed E-state index contributed by atoms with van der Waals surface area (Å²) in [4.78, 5) is 23.2. The number of ether oxygens (including phenoxy) is 2. The second-order valence-electron chi connectivity index (χ2n) is 11.4. The average Bonchev–Trinajstić information content (AvgIpc) is 3.10. The molecule has 36 heavy (non-hydrogen) atoms. The third kappa shape index (κ3) is 6.79. The van der Waals surface area contributed by atoms with E-state index in [0.717, 1.165) is 43.3 Å². The molecule has 0 aromatic rings. The first-order valence-corrected chi connectivity index (χ1v) is 13.2. The highest BCUT2D eigenvalue weighted by atomic mass is 16.6. The van der Waals surface area contributed by atoms with E-state index in [1.807, 2.05) is 0 Å². The molecule has 0 heterocycles. The smallest absolute Gasteiger partial charge is 0.303 e. The van der Waals surface area contributed by atoms with Gasteiger partial charge in [-0.1, -0.05) is 61.6 Å². The van der Waals surface area contributed by atoms with E-state index < -0.39 is 11.7 Å². The standard InChI is InChI=1S/C31H42O5/c1-20(10-8-16-30(5,6)34)27-14-15-28-24(11-9-17-31(27,28)7)12-13-25-18-26(35-22(3)32)19-29(21(25)2)36-23(4)33/h12-14,20,26,28-29,34H,2,9-11,15,17-19H2,1,3-7H3/b24-12+,25-13-/t20?,26?,28?,29-,31+/m0/s1. The highest BCUT2D eigenvalue weighted by molar-refractivity contribution is 5.67. The van der Waals surface area contributed by atoms with Crippen LogP contribution in [0.5, 0.6) is 0 Å². The van der Waals surface area contributed by atoms with E-state index in [4.69, 9.17) is 9.47 Å². The second-order valence-corrected chi connectivity index (χ2v) is 11.4. The second kappa shape index (κ2) is 11.2. The molecule has 0 saturated heterocycles. The van der Waals surface area contributed by atoms with Crippen molar-refractivity contribution >= 4 is 11.9 Å². The normalized spacial score (nSPS) is 31.2. The number of carbonyl (C=O) groups excluding carboxylic acids is 2. The van der Waals surface area contributed by atoms with E-state index in [1.54, 1.807) is 13.8 Å². The Hall–Kier alpha value is -2.58. The summed E-state index contributed by atoms with van der Waals surface area (Å²) in [5.41, 5.74) is 3.83. The Labute approximate surface area is 216 Å². The van der Waals surface area contributed by atoms with Gasteiger partial charge in [-0.15, -0.1) is 0 Å². The van der Waals surface area contributed by atoms with Crippen LogP contribution < -0.4 is 0 Å². The number of hydrogen-bond donors (Lipinski definition) is 1. The lowest BCUT2D eigenvalue weighted by molar-refractivity contribution is -0.152. The van der Waals surface area contributed by atoms with Gasteiger partial charge in [0, 0.05) is 33.1 Å². The molecule has 0 amide bonds. The number of carbonyl (C=O) groups is 2. The number of esters is 2. The van der Waals surface area contributed by atoms with E-state index in [-0.39, 0.29) is 23.5 Å². The summed E-state index contributed by atoms with van der Waals surface area (Å²) in [5, 5.41) is 9.92. The van der Waals surface area contributed by atoms with Crippen molar-refractivity contribution in [2.45, 2.75) is 104 Å². The van der Waals surface area contributed by atoms with Crippen molar-refractivity contribution in [2.75, 3.05) is 0 Å². The lowest BCUT2D eigenvalue weighted by Gasteiger charge is -2.42. The molecular weight excluding hydrogens is 452 g/mol. The zero-order valence-corrected chi connectivity index (χ0v) is 22.8. The molecule has 1 N–H and O–H groups in total. The zero-order valence-electron chi connectivity index (χ0n) is 22.8. The third-order valence-electron chi connectivity index (χ3n) is 7.81. The van der Waals surface area contributed by atoms with Gasteiger partial charge in [0.05, 0.1) is 0 Å². The van der Waals surface area contributed by atoms with Crippen molar-refractivity contribution in [1.82, 2.24) is 0 Å². The van der Waals surface area contributed by atoms with E-state index in [1.165, 1.54) is 25.0 Å². The lowest BCUT2D eigenvalue weighted by Crippen LogP contribution is -2.33. The Morgan fingerprint density at radius 2 is 1.97 bits per heavy atom. The Balaban J connectivity index is 1.80. The van der Waals surface area contributed by atoms with Gasteiger partial charge in [-0.3, -0.25) is 9.59 Å². The monoisotopic (exact) mass is 494 g/mol. The maximum absolute atomic E-state index is 11.6. The molecule has 2 saturated carbocycles. The molecule has 2 fully saturated rings. The summed E-state index contributed by atoms with van der Waals surface area (Å²) in [7, 11) is 0. The van der Waals surface area contributed by atoms with Gasteiger partial charge in [-0.25, -0.2) is 0 Å². The molecule has 0 radical (unpaired) electrons. The van der Waals surface area contributed by atoms with Gasteiger partial charge in [0.25, 0.3) is 0 Å². The van der Waals surface area contributed by atoms with E-state index in [9.17, 15) is 14.7 Å². The number of allylic oxidation sites excluding steroid dienone is 5. The van der Waals surface area contributed by atoms with E-state index >= 15 is 0 Å². The van der Waals surface area contributed by atoms with Gasteiger partial charge in [-0.2, -0.15) is 0 Å². The molecule has 196 valence electrons. The predicted octanol–water partition coefficient (Wildman–Crippen LogP) is 5.99. The van der Waals surface area contributed by atoms with Crippen LogP contribution in [0.1, 0.15) is 86.5 Å². The average molecular weight is 495 g/mol. The molecule has 0 aromatic heterocycles. The number of aliphatic hydroxyl groups is 1. The van der Waals surface area contributed by atoms with Crippen LogP contribution in [0.4, 0.5) is 0 Å². The molecule has 3 rings (SSSR count). The minimum atomic E-state index is -0.962. The summed E-state index contributed by atoms with van der Waals surface area (Å²) >= 11 is 0. The number of fused-ring (bicyclic) bond motifs is 1. The molecule has 3 unspecified atom stereocenters. The lowest BCUT2D eigenvalue weighted by atomic mass is 9.62. The van der Waals surface area contributed by atoms with Crippen molar-refractivity contribution in [3.8, 4) is 11.8 Å². The molecule has 0 aromatic carbocycles. The topological polar surface area (TPSA) is 72.8 Å². The minimum absolute atomic E-state index is 0.114. The first-order chi connectivity index (χ1) is 16.8. The quantitative estimate of drug-likeness (QED) is 0.289. The maximum Gasteiger partial charge on any atom is 0.303 e. The van der Waals surface area contributed by atoms with Crippen LogP contribution in [-0.2, 0) is 19.1 Å². The first kappa shape index (κ1) is 28.0. The fourth-order valence-electron chi connectivity index (χ4n) is 6.22. The van der Waals surface area contributed by atoms with Crippen LogP contribution >= 0.6 is 0 Å².